The zero-order valence-corrected chi connectivity index (χ0v) is 15.8. The number of aliphatic hydroxyl groups is 1. The fourth-order valence-electron chi connectivity index (χ4n) is 3.21. The largest absolute Gasteiger partial charge is 1.00 e. The first kappa shape index (κ1) is 20.9. The van der Waals surface area contributed by atoms with Crippen molar-refractivity contribution in [2.75, 3.05) is 33.8 Å². The number of rotatable bonds is 7. The van der Waals surface area contributed by atoms with E-state index in [-0.39, 0.29) is 18.3 Å². The predicted octanol–water partition coefficient (Wildman–Crippen LogP) is -0.292. The molecule has 1 aromatic carbocycles. The zero-order chi connectivity index (χ0) is 16.9. The van der Waals surface area contributed by atoms with Gasteiger partial charge in [0.05, 0.1) is 20.6 Å². The molecule has 0 bridgehead atoms. The molecule has 0 heterocycles. The summed E-state index contributed by atoms with van der Waals surface area (Å²) in [5.41, 5.74) is -0.859. The number of quaternary nitrogens is 1. The highest BCUT2D eigenvalue weighted by Gasteiger charge is 2.47. The lowest BCUT2D eigenvalue weighted by atomic mass is 9.80. The number of halogens is 1. The lowest BCUT2D eigenvalue weighted by molar-refractivity contribution is -0.888. The van der Waals surface area contributed by atoms with Crippen LogP contribution in [0.1, 0.15) is 38.2 Å². The van der Waals surface area contributed by atoms with Crippen molar-refractivity contribution in [3.8, 4) is 0 Å². The molecule has 0 radical (unpaired) electrons. The van der Waals surface area contributed by atoms with Gasteiger partial charge < -0.3 is 26.7 Å². The van der Waals surface area contributed by atoms with E-state index in [0.717, 1.165) is 43.3 Å². The van der Waals surface area contributed by atoms with E-state index in [1.165, 1.54) is 0 Å². The van der Waals surface area contributed by atoms with Crippen LogP contribution in [-0.2, 0) is 15.1 Å². The summed E-state index contributed by atoms with van der Waals surface area (Å²) in [6.45, 7) is 4.17. The second-order valence-corrected chi connectivity index (χ2v) is 7.23. The maximum absolute atomic E-state index is 12.7. The Bertz CT molecular complexity index is 515. The van der Waals surface area contributed by atoms with Crippen LogP contribution in [0.4, 0.5) is 0 Å². The third-order valence-electron chi connectivity index (χ3n) is 5.26. The monoisotopic (exact) mass is 355 g/mol. The smallest absolute Gasteiger partial charge is 0.343 e. The van der Waals surface area contributed by atoms with Crippen molar-refractivity contribution in [2.45, 2.75) is 38.2 Å². The molecule has 0 amide bonds. The number of carbonyl (C=O) groups excluding carboxylic acids is 1. The molecule has 4 nitrogen and oxygen atoms in total. The summed E-state index contributed by atoms with van der Waals surface area (Å²) < 4.78 is 6.30. The molecule has 24 heavy (non-hydrogen) atoms. The molecular weight excluding hydrogens is 326 g/mol. The summed E-state index contributed by atoms with van der Waals surface area (Å²) in [7, 11) is 4.21. The molecule has 1 aliphatic rings. The normalized spacial score (nSPS) is 17.8. The summed E-state index contributed by atoms with van der Waals surface area (Å²) >= 11 is 0. The summed E-state index contributed by atoms with van der Waals surface area (Å²) in [5.74, 6) is -0.544. The SMILES string of the molecule is CC[N+](C)(C)CCOC(=O)C(O)(c1ccccc1)C1CCCC1.[Cl-]. The minimum atomic E-state index is -1.51. The third-order valence-corrected chi connectivity index (χ3v) is 5.26. The van der Waals surface area contributed by atoms with Gasteiger partial charge in [-0.3, -0.25) is 0 Å². The zero-order valence-electron chi connectivity index (χ0n) is 15.0. The summed E-state index contributed by atoms with van der Waals surface area (Å²) in [4.78, 5) is 12.7. The van der Waals surface area contributed by atoms with Crippen LogP contribution >= 0.6 is 0 Å². The van der Waals surface area contributed by atoms with Crippen LogP contribution in [0.3, 0.4) is 0 Å². The molecule has 0 spiro atoms. The van der Waals surface area contributed by atoms with Gasteiger partial charge in [-0.15, -0.1) is 0 Å². The first-order valence-corrected chi connectivity index (χ1v) is 8.67. The summed E-state index contributed by atoms with van der Waals surface area (Å²) in [6.07, 6.45) is 3.87. The van der Waals surface area contributed by atoms with Crippen LogP contribution in [-0.4, -0.2) is 49.4 Å². The van der Waals surface area contributed by atoms with Gasteiger partial charge >= 0.3 is 5.97 Å². The highest BCUT2D eigenvalue weighted by molar-refractivity contribution is 5.81. The second-order valence-electron chi connectivity index (χ2n) is 7.23. The van der Waals surface area contributed by atoms with E-state index in [0.29, 0.717) is 12.2 Å². The lowest BCUT2D eigenvalue weighted by Gasteiger charge is -2.33. The van der Waals surface area contributed by atoms with E-state index in [9.17, 15) is 9.90 Å². The van der Waals surface area contributed by atoms with Crippen LogP contribution in [0.2, 0.25) is 0 Å². The third kappa shape index (κ3) is 4.71. The Morgan fingerprint density at radius 2 is 1.83 bits per heavy atom. The van der Waals surface area contributed by atoms with Gasteiger partial charge in [0, 0.05) is 5.92 Å². The van der Waals surface area contributed by atoms with Crippen molar-refractivity contribution < 1.29 is 31.5 Å². The van der Waals surface area contributed by atoms with Gasteiger partial charge in [0.1, 0.15) is 13.2 Å². The molecular formula is C19H30ClNO3. The molecule has 1 aliphatic carbocycles. The van der Waals surface area contributed by atoms with E-state index >= 15 is 0 Å². The molecule has 5 heteroatoms. The molecule has 136 valence electrons. The Morgan fingerprint density at radius 1 is 1.25 bits per heavy atom. The van der Waals surface area contributed by atoms with Crippen LogP contribution in [0.5, 0.6) is 0 Å². The molecule has 1 fully saturated rings. The maximum atomic E-state index is 12.7. The van der Waals surface area contributed by atoms with Crippen molar-refractivity contribution in [3.63, 3.8) is 0 Å². The van der Waals surface area contributed by atoms with Crippen molar-refractivity contribution in [1.29, 1.82) is 0 Å². The van der Waals surface area contributed by atoms with Gasteiger partial charge in [-0.05, 0) is 25.3 Å². The van der Waals surface area contributed by atoms with E-state index < -0.39 is 11.6 Å². The molecule has 1 atom stereocenters. The lowest BCUT2D eigenvalue weighted by Crippen LogP contribution is -3.00. The minimum Gasteiger partial charge on any atom is -1.00 e. The second kappa shape index (κ2) is 8.84. The maximum Gasteiger partial charge on any atom is 0.343 e. The number of ether oxygens (including phenoxy) is 1. The molecule has 1 aromatic rings. The Hall–Kier alpha value is -1.10. The molecule has 1 saturated carbocycles. The van der Waals surface area contributed by atoms with Crippen LogP contribution < -0.4 is 12.4 Å². The number of benzene rings is 1. The fourth-order valence-corrected chi connectivity index (χ4v) is 3.21. The topological polar surface area (TPSA) is 46.5 Å². The number of likely N-dealkylation sites (N-methyl/N-ethyl adjacent to an activating group) is 1. The van der Waals surface area contributed by atoms with Gasteiger partial charge in [0.2, 0.25) is 0 Å². The number of esters is 1. The van der Waals surface area contributed by atoms with Crippen molar-refractivity contribution in [1.82, 2.24) is 0 Å². The average molecular weight is 356 g/mol. The van der Waals surface area contributed by atoms with Crippen molar-refractivity contribution in [3.05, 3.63) is 35.9 Å². The van der Waals surface area contributed by atoms with Crippen LogP contribution in [0.15, 0.2) is 30.3 Å². The van der Waals surface area contributed by atoms with E-state index in [1.54, 1.807) is 0 Å². The van der Waals surface area contributed by atoms with Gasteiger partial charge in [0.25, 0.3) is 0 Å². The molecule has 2 rings (SSSR count). The Balaban J connectivity index is 0.00000288. The quantitative estimate of drug-likeness (QED) is 0.540. The standard InChI is InChI=1S/C19H30NO3.ClH/c1-4-20(2,3)14-15-23-18(21)19(22,17-12-8-9-13-17)16-10-6-5-7-11-16;/h5-7,10-11,17,22H,4,8-9,12-15H2,1-3H3;1H/q+1;/p-1. The summed E-state index contributed by atoms with van der Waals surface area (Å²) in [6, 6.07) is 9.27. The highest BCUT2D eigenvalue weighted by atomic mass is 35.5. The molecule has 1 unspecified atom stereocenters. The number of hydrogen-bond donors (Lipinski definition) is 1. The van der Waals surface area contributed by atoms with Gasteiger partial charge in [-0.25, -0.2) is 4.79 Å². The highest BCUT2D eigenvalue weighted by Crippen LogP contribution is 2.41. The molecule has 1 N–H and O–H groups in total. The molecule has 0 saturated heterocycles. The van der Waals surface area contributed by atoms with Crippen LogP contribution in [0, 0.1) is 5.92 Å². The average Bonchev–Trinajstić information content (AvgIpc) is 3.09. The van der Waals surface area contributed by atoms with Crippen molar-refractivity contribution in [2.24, 2.45) is 5.92 Å². The van der Waals surface area contributed by atoms with Gasteiger partial charge in [-0.2, -0.15) is 0 Å². The van der Waals surface area contributed by atoms with E-state index in [1.807, 2.05) is 30.3 Å². The number of hydrogen-bond acceptors (Lipinski definition) is 3. The first-order valence-electron chi connectivity index (χ1n) is 8.67. The summed E-state index contributed by atoms with van der Waals surface area (Å²) in [5, 5.41) is 11.3. The van der Waals surface area contributed by atoms with Gasteiger partial charge in [0.15, 0.2) is 5.60 Å². The van der Waals surface area contributed by atoms with Crippen LogP contribution in [0.25, 0.3) is 0 Å². The van der Waals surface area contributed by atoms with E-state index in [2.05, 4.69) is 21.0 Å². The number of nitrogens with zero attached hydrogens (tertiary/aromatic N) is 1. The van der Waals surface area contributed by atoms with Crippen molar-refractivity contribution >= 4 is 5.97 Å². The molecule has 0 aliphatic heterocycles. The Kier molecular flexibility index (Phi) is 7.71. The number of carbonyl (C=O) groups is 1. The Labute approximate surface area is 151 Å². The predicted molar refractivity (Wildman–Crippen MR) is 90.8 cm³/mol. The van der Waals surface area contributed by atoms with Gasteiger partial charge in [-0.1, -0.05) is 43.2 Å². The minimum absolute atomic E-state index is 0. The van der Waals surface area contributed by atoms with E-state index in [4.69, 9.17) is 4.74 Å². The first-order chi connectivity index (χ1) is 10.9. The molecule has 0 aromatic heterocycles. The Morgan fingerprint density at radius 3 is 2.38 bits per heavy atom. The fraction of sp³-hybridized carbons (Fsp3) is 0.632.